The summed E-state index contributed by atoms with van der Waals surface area (Å²) in [6.45, 7) is 2.19. The van der Waals surface area contributed by atoms with Gasteiger partial charge in [-0.2, -0.15) is 13.2 Å². The molecule has 11 heteroatoms. The van der Waals surface area contributed by atoms with Gasteiger partial charge in [0.25, 0.3) is 0 Å². The van der Waals surface area contributed by atoms with Crippen molar-refractivity contribution in [3.05, 3.63) is 95.8 Å². The Morgan fingerprint density at radius 3 is 2.35 bits per heavy atom. The molecule has 1 atom stereocenters. The Morgan fingerprint density at radius 1 is 0.977 bits per heavy atom. The first kappa shape index (κ1) is 28.2. The molecule has 0 spiro atoms. The van der Waals surface area contributed by atoms with Crippen molar-refractivity contribution in [2.75, 3.05) is 10.6 Å². The van der Waals surface area contributed by atoms with E-state index in [9.17, 15) is 23.1 Å². The molecule has 2 heterocycles. The van der Waals surface area contributed by atoms with E-state index in [4.69, 9.17) is 4.98 Å². The minimum atomic E-state index is -4.45. The van der Waals surface area contributed by atoms with Gasteiger partial charge in [-0.1, -0.05) is 48.9 Å². The smallest absolute Gasteiger partial charge is 0.416 e. The summed E-state index contributed by atoms with van der Waals surface area (Å²) in [4.78, 5) is 25.4. The highest BCUT2D eigenvalue weighted by Gasteiger charge is 2.30. The standard InChI is InChI=1S/C32H29F3N6O2/c1-19(21-7-5-8-21)36-27-26-28(39-29(38-27)31(42)43)40-30(41(26)18-20-13-15-23(16-14-20)32(33,34)35)22-9-6-12-25(17-22)37-24-10-3-2-4-11-24/h2-4,6,9-17,19,21,37H,5,7-8,18H2,1H3,(H,42,43)(H,36,38,39)/t19-/m1/s1. The molecule has 8 nitrogen and oxygen atoms in total. The maximum absolute atomic E-state index is 13.3. The number of para-hydroxylation sites is 1. The Labute approximate surface area is 245 Å². The number of benzene rings is 3. The van der Waals surface area contributed by atoms with E-state index in [-0.39, 0.29) is 24.1 Å². The zero-order valence-corrected chi connectivity index (χ0v) is 23.3. The number of rotatable bonds is 9. The topological polar surface area (TPSA) is 105 Å². The summed E-state index contributed by atoms with van der Waals surface area (Å²) >= 11 is 0. The van der Waals surface area contributed by atoms with E-state index in [0.29, 0.717) is 34.2 Å². The van der Waals surface area contributed by atoms with E-state index in [1.54, 1.807) is 0 Å². The van der Waals surface area contributed by atoms with Crippen molar-refractivity contribution in [1.82, 2.24) is 19.5 Å². The number of hydrogen-bond acceptors (Lipinski definition) is 6. The van der Waals surface area contributed by atoms with Gasteiger partial charge in [0.1, 0.15) is 11.3 Å². The van der Waals surface area contributed by atoms with Crippen LogP contribution in [0.5, 0.6) is 0 Å². The number of nitrogens with one attached hydrogen (secondary N) is 2. The number of carbonyl (C=O) groups is 1. The highest BCUT2D eigenvalue weighted by molar-refractivity contribution is 5.92. The van der Waals surface area contributed by atoms with Crippen LogP contribution in [0.1, 0.15) is 47.9 Å². The van der Waals surface area contributed by atoms with E-state index < -0.39 is 17.7 Å². The summed E-state index contributed by atoms with van der Waals surface area (Å²) in [7, 11) is 0. The predicted molar refractivity (Wildman–Crippen MR) is 158 cm³/mol. The third kappa shape index (κ3) is 6.01. The minimum Gasteiger partial charge on any atom is -0.475 e. The molecule has 5 aromatic rings. The molecule has 0 radical (unpaired) electrons. The fourth-order valence-electron chi connectivity index (χ4n) is 5.29. The van der Waals surface area contributed by atoms with E-state index in [1.807, 2.05) is 66.1 Å². The lowest BCUT2D eigenvalue weighted by Crippen LogP contribution is -2.31. The maximum atomic E-state index is 13.3. The Morgan fingerprint density at radius 2 is 1.70 bits per heavy atom. The molecule has 1 fully saturated rings. The van der Waals surface area contributed by atoms with Gasteiger partial charge in [-0.3, -0.25) is 0 Å². The third-order valence-corrected chi connectivity index (χ3v) is 7.82. The number of carboxylic acids is 1. The van der Waals surface area contributed by atoms with E-state index in [2.05, 4.69) is 20.6 Å². The zero-order valence-electron chi connectivity index (χ0n) is 23.3. The molecule has 0 aliphatic heterocycles. The Kier molecular flexibility index (Phi) is 7.47. The van der Waals surface area contributed by atoms with Crippen molar-refractivity contribution in [3.8, 4) is 11.4 Å². The second-order valence-electron chi connectivity index (χ2n) is 10.8. The zero-order chi connectivity index (χ0) is 30.1. The Bertz CT molecular complexity index is 1770. The van der Waals surface area contributed by atoms with Gasteiger partial charge in [0.05, 0.1) is 5.56 Å². The lowest BCUT2D eigenvalue weighted by Gasteiger charge is -2.32. The average Bonchev–Trinajstić information content (AvgIpc) is 3.31. The number of anilines is 3. The summed E-state index contributed by atoms with van der Waals surface area (Å²) in [5.74, 6) is -0.450. The van der Waals surface area contributed by atoms with E-state index in [0.717, 1.165) is 42.8 Å². The van der Waals surface area contributed by atoms with Crippen molar-refractivity contribution in [2.24, 2.45) is 5.92 Å². The van der Waals surface area contributed by atoms with Gasteiger partial charge in [0.2, 0.25) is 5.82 Å². The number of aromatic carboxylic acids is 1. The van der Waals surface area contributed by atoms with E-state index >= 15 is 0 Å². The number of imidazole rings is 1. The number of fused-ring (bicyclic) bond motifs is 1. The molecular weight excluding hydrogens is 557 g/mol. The summed E-state index contributed by atoms with van der Waals surface area (Å²) in [6.07, 6.45) is -1.19. The summed E-state index contributed by atoms with van der Waals surface area (Å²) in [5.41, 5.74) is 2.93. The van der Waals surface area contributed by atoms with Crippen molar-refractivity contribution in [2.45, 2.75) is 44.9 Å². The molecule has 43 heavy (non-hydrogen) atoms. The molecule has 1 aliphatic carbocycles. The van der Waals surface area contributed by atoms with Gasteiger partial charge in [-0.05, 0) is 67.6 Å². The van der Waals surface area contributed by atoms with Crippen LogP contribution in [0.3, 0.4) is 0 Å². The number of alkyl halides is 3. The lowest BCUT2D eigenvalue weighted by molar-refractivity contribution is -0.137. The number of nitrogens with zero attached hydrogens (tertiary/aromatic N) is 4. The average molecular weight is 587 g/mol. The number of carboxylic acid groups (broad SMARTS) is 1. The SMILES string of the molecule is C[C@@H](Nc1nc(C(=O)O)nc2nc(-c3cccc(Nc4ccccc4)c3)n(Cc3ccc(C(F)(F)F)cc3)c12)C1CCC1. The lowest BCUT2D eigenvalue weighted by atomic mass is 9.80. The first-order valence-electron chi connectivity index (χ1n) is 14.0. The van der Waals surface area contributed by atoms with Gasteiger partial charge < -0.3 is 20.3 Å². The highest BCUT2D eigenvalue weighted by Crippen LogP contribution is 2.35. The molecule has 1 saturated carbocycles. The minimum absolute atomic E-state index is 0.0183. The normalized spacial score (nSPS) is 14.3. The molecule has 0 unspecified atom stereocenters. The second kappa shape index (κ2) is 11.4. The molecular formula is C32H29F3N6O2. The van der Waals surface area contributed by atoms with Crippen LogP contribution in [-0.2, 0) is 12.7 Å². The molecule has 0 amide bonds. The number of hydrogen-bond donors (Lipinski definition) is 3. The van der Waals surface area contributed by atoms with Gasteiger partial charge in [0, 0.05) is 29.5 Å². The van der Waals surface area contributed by atoms with Crippen molar-refractivity contribution in [1.29, 1.82) is 0 Å². The molecule has 0 saturated heterocycles. The maximum Gasteiger partial charge on any atom is 0.416 e. The van der Waals surface area contributed by atoms with Gasteiger partial charge in [0.15, 0.2) is 11.5 Å². The largest absolute Gasteiger partial charge is 0.475 e. The molecule has 3 aromatic carbocycles. The summed E-state index contributed by atoms with van der Waals surface area (Å²) in [6, 6.07) is 22.2. The quantitative estimate of drug-likeness (QED) is 0.163. The number of aromatic nitrogens is 4. The van der Waals surface area contributed by atoms with Crippen LogP contribution < -0.4 is 10.6 Å². The molecule has 6 rings (SSSR count). The van der Waals surface area contributed by atoms with Crippen molar-refractivity contribution >= 4 is 34.3 Å². The molecule has 3 N–H and O–H groups in total. The predicted octanol–water partition coefficient (Wildman–Crippen LogP) is 7.60. The van der Waals surface area contributed by atoms with E-state index in [1.165, 1.54) is 12.1 Å². The van der Waals surface area contributed by atoms with Gasteiger partial charge in [-0.25, -0.2) is 19.7 Å². The van der Waals surface area contributed by atoms with Crippen LogP contribution in [-0.4, -0.2) is 36.6 Å². The van der Waals surface area contributed by atoms with Crippen molar-refractivity contribution in [3.63, 3.8) is 0 Å². The summed E-state index contributed by atoms with van der Waals surface area (Å²) in [5, 5.41) is 16.6. The fourth-order valence-corrected chi connectivity index (χ4v) is 5.29. The van der Waals surface area contributed by atoms with Crippen LogP contribution in [0, 0.1) is 5.92 Å². The van der Waals surface area contributed by atoms with Crippen LogP contribution in [0.15, 0.2) is 78.9 Å². The Balaban J connectivity index is 1.49. The van der Waals surface area contributed by atoms with Crippen LogP contribution >= 0.6 is 0 Å². The van der Waals surface area contributed by atoms with Gasteiger partial charge >= 0.3 is 12.1 Å². The van der Waals surface area contributed by atoms with Crippen LogP contribution in [0.25, 0.3) is 22.6 Å². The second-order valence-corrected chi connectivity index (χ2v) is 10.8. The monoisotopic (exact) mass is 586 g/mol. The van der Waals surface area contributed by atoms with Crippen LogP contribution in [0.4, 0.5) is 30.4 Å². The number of halogens is 3. The first-order chi connectivity index (χ1) is 20.7. The highest BCUT2D eigenvalue weighted by atomic mass is 19.4. The Hall–Kier alpha value is -4.93. The van der Waals surface area contributed by atoms with Crippen LogP contribution in [0.2, 0.25) is 0 Å². The molecule has 1 aliphatic rings. The van der Waals surface area contributed by atoms with Gasteiger partial charge in [-0.15, -0.1) is 0 Å². The van der Waals surface area contributed by atoms with Crippen molar-refractivity contribution < 1.29 is 23.1 Å². The molecule has 2 aromatic heterocycles. The summed E-state index contributed by atoms with van der Waals surface area (Å²) < 4.78 is 41.6. The third-order valence-electron chi connectivity index (χ3n) is 7.82. The first-order valence-corrected chi connectivity index (χ1v) is 14.0. The fraction of sp³-hybridized carbons (Fsp3) is 0.250. The molecule has 220 valence electrons. The molecule has 0 bridgehead atoms.